The van der Waals surface area contributed by atoms with Crippen LogP contribution in [0.4, 0.5) is 10.1 Å². The molecule has 0 bridgehead atoms. The van der Waals surface area contributed by atoms with E-state index in [9.17, 15) is 14.5 Å². The van der Waals surface area contributed by atoms with Crippen molar-refractivity contribution >= 4 is 29.7 Å². The largest absolute Gasteiger partial charge is 0.282 e. The van der Waals surface area contributed by atoms with Crippen LogP contribution in [0.3, 0.4) is 0 Å². The summed E-state index contributed by atoms with van der Waals surface area (Å²) in [6.07, 6.45) is 0. The molecule has 1 aromatic heterocycles. The van der Waals surface area contributed by atoms with E-state index in [1.165, 1.54) is 6.07 Å². The second-order valence-electron chi connectivity index (χ2n) is 2.81. The quantitative estimate of drug-likeness (QED) is 0.510. The van der Waals surface area contributed by atoms with Crippen molar-refractivity contribution in [3.8, 4) is 10.6 Å². The first-order valence-electron chi connectivity index (χ1n) is 4.04. The van der Waals surface area contributed by atoms with Crippen LogP contribution in [0.15, 0.2) is 22.5 Å². The molecule has 8 heteroatoms. The zero-order valence-electron chi connectivity index (χ0n) is 7.62. The normalized spacial score (nSPS) is 10.4. The molecule has 0 aliphatic heterocycles. The molecule has 0 amide bonds. The second-order valence-corrected chi connectivity index (χ2v) is 4.51. The molecule has 0 atom stereocenters. The summed E-state index contributed by atoms with van der Waals surface area (Å²) in [6.45, 7) is 0. The van der Waals surface area contributed by atoms with E-state index in [4.69, 9.17) is 0 Å². The number of benzene rings is 1. The van der Waals surface area contributed by atoms with Gasteiger partial charge in [-0.15, -0.1) is 22.8 Å². The Hall–Kier alpha value is -1.54. The third kappa shape index (κ3) is 2.02. The molecule has 1 heterocycles. The molecule has 5 nitrogen and oxygen atoms in total. The summed E-state index contributed by atoms with van der Waals surface area (Å²) >= 11 is 5.06. The van der Waals surface area contributed by atoms with E-state index in [1.807, 2.05) is 0 Å². The molecule has 0 unspecified atom stereocenters. The van der Waals surface area contributed by atoms with Crippen molar-refractivity contribution in [3.05, 3.63) is 34.1 Å². The lowest BCUT2D eigenvalue weighted by atomic mass is 10.2. The van der Waals surface area contributed by atoms with Crippen LogP contribution in [-0.4, -0.2) is 15.1 Å². The van der Waals surface area contributed by atoms with Gasteiger partial charge in [0, 0.05) is 0 Å². The highest BCUT2D eigenvalue weighted by atomic mass is 32.2. The van der Waals surface area contributed by atoms with E-state index in [1.54, 1.807) is 0 Å². The van der Waals surface area contributed by atoms with Gasteiger partial charge in [-0.05, 0) is 12.1 Å². The molecule has 0 saturated carbocycles. The van der Waals surface area contributed by atoms with Crippen molar-refractivity contribution in [2.24, 2.45) is 0 Å². The number of nitro benzene ring substituents is 1. The van der Waals surface area contributed by atoms with Gasteiger partial charge in [-0.3, -0.25) is 10.1 Å². The van der Waals surface area contributed by atoms with Gasteiger partial charge in [-0.2, -0.15) is 0 Å². The number of hydrogen-bond acceptors (Lipinski definition) is 6. The lowest BCUT2D eigenvalue weighted by Gasteiger charge is -1.98. The van der Waals surface area contributed by atoms with E-state index < -0.39 is 10.7 Å². The maximum Gasteiger partial charge on any atom is 0.282 e. The van der Waals surface area contributed by atoms with Crippen LogP contribution in [0, 0.1) is 15.9 Å². The van der Waals surface area contributed by atoms with E-state index in [-0.39, 0.29) is 11.3 Å². The van der Waals surface area contributed by atoms with Gasteiger partial charge in [0.05, 0.1) is 16.6 Å². The Labute approximate surface area is 98.5 Å². The third-order valence-electron chi connectivity index (χ3n) is 1.80. The molecular weight excluding hydrogens is 253 g/mol. The fourth-order valence-electron chi connectivity index (χ4n) is 1.16. The maximum absolute atomic E-state index is 12.9. The zero-order chi connectivity index (χ0) is 11.7. The number of thiol groups is 1. The number of hydrogen-bond donors (Lipinski definition) is 1. The number of aromatic nitrogens is 2. The first kappa shape index (κ1) is 11.0. The van der Waals surface area contributed by atoms with Crippen LogP contribution in [0.5, 0.6) is 0 Å². The summed E-state index contributed by atoms with van der Waals surface area (Å²) in [5.74, 6) is -0.661. The SMILES string of the molecule is O=[N+]([O-])c1cc(F)ccc1-c1nnc(S)s1. The Morgan fingerprint density at radius 1 is 1.44 bits per heavy atom. The van der Waals surface area contributed by atoms with Gasteiger partial charge in [0.25, 0.3) is 5.69 Å². The summed E-state index contributed by atoms with van der Waals surface area (Å²) in [7, 11) is 0. The van der Waals surface area contributed by atoms with E-state index in [0.717, 1.165) is 23.5 Å². The van der Waals surface area contributed by atoms with E-state index in [0.29, 0.717) is 9.35 Å². The molecule has 16 heavy (non-hydrogen) atoms. The molecule has 0 N–H and O–H groups in total. The van der Waals surface area contributed by atoms with E-state index in [2.05, 4.69) is 22.8 Å². The Morgan fingerprint density at radius 3 is 2.75 bits per heavy atom. The minimum absolute atomic E-state index is 0.240. The Balaban J connectivity index is 2.60. The van der Waals surface area contributed by atoms with Crippen molar-refractivity contribution < 1.29 is 9.31 Å². The topological polar surface area (TPSA) is 68.9 Å². The summed E-state index contributed by atoms with van der Waals surface area (Å²) in [4.78, 5) is 10.1. The van der Waals surface area contributed by atoms with Gasteiger partial charge in [0.15, 0.2) is 9.35 Å². The molecular formula is C8H4FN3O2S2. The smallest absolute Gasteiger partial charge is 0.258 e. The zero-order valence-corrected chi connectivity index (χ0v) is 9.33. The molecule has 82 valence electrons. The van der Waals surface area contributed by atoms with Crippen molar-refractivity contribution in [1.29, 1.82) is 0 Å². The van der Waals surface area contributed by atoms with Crippen LogP contribution < -0.4 is 0 Å². The van der Waals surface area contributed by atoms with Crippen LogP contribution in [0.25, 0.3) is 10.6 Å². The van der Waals surface area contributed by atoms with Crippen molar-refractivity contribution in [2.75, 3.05) is 0 Å². The number of nitrogens with zero attached hydrogens (tertiary/aromatic N) is 3. The number of rotatable bonds is 2. The molecule has 1 aromatic carbocycles. The van der Waals surface area contributed by atoms with Gasteiger partial charge in [-0.1, -0.05) is 11.3 Å². The Bertz CT molecular complexity index is 558. The highest BCUT2D eigenvalue weighted by molar-refractivity contribution is 7.82. The monoisotopic (exact) mass is 257 g/mol. The minimum atomic E-state index is -0.661. The minimum Gasteiger partial charge on any atom is -0.258 e. The number of nitro groups is 1. The lowest BCUT2D eigenvalue weighted by molar-refractivity contribution is -0.384. The molecule has 2 rings (SSSR count). The Morgan fingerprint density at radius 2 is 2.19 bits per heavy atom. The lowest BCUT2D eigenvalue weighted by Crippen LogP contribution is -1.92. The van der Waals surface area contributed by atoms with Crippen molar-refractivity contribution in [2.45, 2.75) is 4.34 Å². The fourth-order valence-corrected chi connectivity index (χ4v) is 2.08. The van der Waals surface area contributed by atoms with Gasteiger partial charge in [0.1, 0.15) is 5.82 Å². The molecule has 0 radical (unpaired) electrons. The maximum atomic E-state index is 12.9. The number of halogens is 1. The molecule has 2 aromatic rings. The van der Waals surface area contributed by atoms with Crippen molar-refractivity contribution in [3.63, 3.8) is 0 Å². The predicted molar refractivity (Wildman–Crippen MR) is 59.2 cm³/mol. The van der Waals surface area contributed by atoms with Crippen LogP contribution in [0.1, 0.15) is 0 Å². The van der Waals surface area contributed by atoms with Gasteiger partial charge < -0.3 is 0 Å². The molecule has 0 spiro atoms. The van der Waals surface area contributed by atoms with Crippen molar-refractivity contribution in [1.82, 2.24) is 10.2 Å². The van der Waals surface area contributed by atoms with Gasteiger partial charge in [-0.25, -0.2) is 4.39 Å². The van der Waals surface area contributed by atoms with Gasteiger partial charge >= 0.3 is 0 Å². The summed E-state index contributed by atoms with van der Waals surface area (Å²) in [5.41, 5.74) is -0.0892. The van der Waals surface area contributed by atoms with Gasteiger partial charge in [0.2, 0.25) is 0 Å². The first-order chi connectivity index (χ1) is 7.58. The molecule has 0 aliphatic rings. The van der Waals surface area contributed by atoms with Crippen LogP contribution >= 0.6 is 24.0 Å². The standard InChI is InChI=1S/C8H4FN3O2S2/c9-4-1-2-5(6(3-4)12(13)14)7-10-11-8(15)16-7/h1-3H,(H,11,15). The highest BCUT2D eigenvalue weighted by Crippen LogP contribution is 2.33. The third-order valence-corrected chi connectivity index (χ3v) is 2.92. The summed E-state index contributed by atoms with van der Waals surface area (Å²) < 4.78 is 13.3. The summed E-state index contributed by atoms with van der Waals surface area (Å²) in [5, 5.41) is 18.4. The first-order valence-corrected chi connectivity index (χ1v) is 5.31. The highest BCUT2D eigenvalue weighted by Gasteiger charge is 2.19. The fraction of sp³-hybridized carbons (Fsp3) is 0. The van der Waals surface area contributed by atoms with E-state index >= 15 is 0 Å². The second kappa shape index (κ2) is 4.14. The average Bonchev–Trinajstić information content (AvgIpc) is 2.64. The van der Waals surface area contributed by atoms with Crippen LogP contribution in [0.2, 0.25) is 0 Å². The average molecular weight is 257 g/mol. The molecule has 0 saturated heterocycles. The molecule has 0 fully saturated rings. The van der Waals surface area contributed by atoms with Crippen LogP contribution in [-0.2, 0) is 0 Å². The predicted octanol–water partition coefficient (Wildman–Crippen LogP) is 2.54. The molecule has 0 aliphatic carbocycles. The Kier molecular flexibility index (Phi) is 2.84. The summed E-state index contributed by atoms with van der Waals surface area (Å²) in [6, 6.07) is 3.30.